The van der Waals surface area contributed by atoms with E-state index in [4.69, 9.17) is 27.4 Å². The molecule has 8 heteroatoms. The number of ether oxygens (including phenoxy) is 2. The van der Waals surface area contributed by atoms with Gasteiger partial charge >= 0.3 is 11.9 Å². The molecule has 0 aliphatic heterocycles. The topological polar surface area (TPSA) is 108 Å². The Morgan fingerprint density at radius 2 is 1.70 bits per heavy atom. The van der Waals surface area contributed by atoms with Crippen molar-refractivity contribution in [1.29, 1.82) is 0 Å². The molecule has 0 saturated carbocycles. The normalized spacial score (nSPS) is 11.2. The van der Waals surface area contributed by atoms with Crippen LogP contribution in [-0.2, 0) is 19.1 Å². The van der Waals surface area contributed by atoms with Gasteiger partial charge in [0.1, 0.15) is 4.99 Å². The highest BCUT2D eigenvalue weighted by Crippen LogP contribution is 2.13. The Kier molecular flexibility index (Phi) is 7.14. The fraction of sp³-hybridized carbons (Fsp3) is 0.333. The first-order valence-corrected chi connectivity index (χ1v) is 7.35. The first-order valence-electron chi connectivity index (χ1n) is 6.94. The number of carbonyl (C=O) groups excluding carboxylic acids is 3. The maximum Gasteiger partial charge on any atom is 0.338 e. The Labute approximate surface area is 139 Å². The van der Waals surface area contributed by atoms with Crippen LogP contribution in [0.5, 0.6) is 0 Å². The second kappa shape index (κ2) is 8.84. The predicted molar refractivity (Wildman–Crippen MR) is 87.9 cm³/mol. The molecular formula is C15H18N2O5S. The molecule has 7 nitrogen and oxygen atoms in total. The summed E-state index contributed by atoms with van der Waals surface area (Å²) in [6.07, 6.45) is 0. The molecule has 3 N–H and O–H groups in total. The molecule has 23 heavy (non-hydrogen) atoms. The van der Waals surface area contributed by atoms with Gasteiger partial charge in [-0.05, 0) is 38.1 Å². The fourth-order valence-electron chi connectivity index (χ4n) is 1.70. The summed E-state index contributed by atoms with van der Waals surface area (Å²) in [5.74, 6) is -3.51. The molecule has 0 fully saturated rings. The van der Waals surface area contributed by atoms with E-state index in [0.717, 1.165) is 0 Å². The Morgan fingerprint density at radius 1 is 1.13 bits per heavy atom. The zero-order valence-corrected chi connectivity index (χ0v) is 13.6. The van der Waals surface area contributed by atoms with Crippen LogP contribution in [0.15, 0.2) is 24.3 Å². The van der Waals surface area contributed by atoms with Gasteiger partial charge in [0.25, 0.3) is 0 Å². The van der Waals surface area contributed by atoms with Gasteiger partial charge in [0.2, 0.25) is 5.91 Å². The number of hydrogen-bond donors (Lipinski definition) is 2. The molecule has 0 aromatic heterocycles. The van der Waals surface area contributed by atoms with Crippen molar-refractivity contribution in [2.24, 2.45) is 11.7 Å². The van der Waals surface area contributed by atoms with E-state index in [2.05, 4.69) is 5.32 Å². The number of benzene rings is 1. The fourth-order valence-corrected chi connectivity index (χ4v) is 2.03. The largest absolute Gasteiger partial charge is 0.465 e. The molecule has 1 aromatic rings. The van der Waals surface area contributed by atoms with E-state index in [1.165, 1.54) is 12.1 Å². The van der Waals surface area contributed by atoms with Crippen LogP contribution in [0, 0.1) is 5.92 Å². The minimum atomic E-state index is -1.37. The highest BCUT2D eigenvalue weighted by atomic mass is 32.1. The quantitative estimate of drug-likeness (QED) is 0.438. The van der Waals surface area contributed by atoms with Crippen molar-refractivity contribution in [2.45, 2.75) is 13.8 Å². The summed E-state index contributed by atoms with van der Waals surface area (Å²) < 4.78 is 9.64. The van der Waals surface area contributed by atoms with Crippen LogP contribution in [0.1, 0.15) is 24.2 Å². The van der Waals surface area contributed by atoms with E-state index in [-0.39, 0.29) is 18.2 Å². The van der Waals surface area contributed by atoms with Crippen molar-refractivity contribution in [3.63, 3.8) is 0 Å². The third kappa shape index (κ3) is 5.33. The van der Waals surface area contributed by atoms with Crippen LogP contribution in [0.2, 0.25) is 0 Å². The zero-order chi connectivity index (χ0) is 17.4. The standard InChI is InChI=1S/C15H18N2O5S/c1-3-21-14(19)9-5-7-10(8-6-9)17-13(23)11(12(16)18)15(20)22-4-2/h5-8,11H,3-4H2,1-2H3,(H2,16,18)(H,17,23). The van der Waals surface area contributed by atoms with Crippen LogP contribution in [-0.4, -0.2) is 36.0 Å². The van der Waals surface area contributed by atoms with Crippen molar-refractivity contribution >= 4 is 40.7 Å². The lowest BCUT2D eigenvalue weighted by atomic mass is 10.1. The smallest absolute Gasteiger partial charge is 0.338 e. The van der Waals surface area contributed by atoms with Gasteiger partial charge in [-0.2, -0.15) is 0 Å². The van der Waals surface area contributed by atoms with Gasteiger partial charge in [-0.25, -0.2) is 4.79 Å². The number of thiocarbonyl (C=S) groups is 1. The van der Waals surface area contributed by atoms with Crippen LogP contribution in [0.25, 0.3) is 0 Å². The lowest BCUT2D eigenvalue weighted by Crippen LogP contribution is -2.40. The number of esters is 2. The molecule has 0 saturated heterocycles. The van der Waals surface area contributed by atoms with Crippen LogP contribution in [0.4, 0.5) is 5.69 Å². The van der Waals surface area contributed by atoms with E-state index in [1.54, 1.807) is 26.0 Å². The van der Waals surface area contributed by atoms with Crippen LogP contribution < -0.4 is 11.1 Å². The number of anilines is 1. The summed E-state index contributed by atoms with van der Waals surface area (Å²) in [5, 5.41) is 2.74. The monoisotopic (exact) mass is 338 g/mol. The average molecular weight is 338 g/mol. The second-order valence-corrected chi connectivity index (χ2v) is 4.81. The van der Waals surface area contributed by atoms with Gasteiger partial charge in [0, 0.05) is 5.69 Å². The highest BCUT2D eigenvalue weighted by molar-refractivity contribution is 7.80. The van der Waals surface area contributed by atoms with Gasteiger partial charge in [-0.15, -0.1) is 0 Å². The van der Waals surface area contributed by atoms with Gasteiger partial charge in [-0.3, -0.25) is 9.59 Å². The molecule has 1 aromatic carbocycles. The minimum Gasteiger partial charge on any atom is -0.465 e. The van der Waals surface area contributed by atoms with E-state index in [0.29, 0.717) is 11.3 Å². The highest BCUT2D eigenvalue weighted by Gasteiger charge is 2.30. The van der Waals surface area contributed by atoms with E-state index < -0.39 is 23.8 Å². The summed E-state index contributed by atoms with van der Waals surface area (Å²) >= 11 is 5.05. The molecule has 1 unspecified atom stereocenters. The average Bonchev–Trinajstić information content (AvgIpc) is 2.48. The van der Waals surface area contributed by atoms with Gasteiger partial charge < -0.3 is 20.5 Å². The molecule has 1 rings (SSSR count). The van der Waals surface area contributed by atoms with E-state index >= 15 is 0 Å². The Balaban J connectivity index is 2.81. The molecule has 0 heterocycles. The predicted octanol–water partition coefficient (Wildman–Crippen LogP) is 1.27. The zero-order valence-electron chi connectivity index (χ0n) is 12.8. The molecule has 0 aliphatic carbocycles. The second-order valence-electron chi connectivity index (χ2n) is 4.37. The molecule has 0 bridgehead atoms. The third-order valence-corrected chi connectivity index (χ3v) is 3.07. The van der Waals surface area contributed by atoms with E-state index in [9.17, 15) is 14.4 Å². The number of hydrogen-bond acceptors (Lipinski definition) is 6. The van der Waals surface area contributed by atoms with Gasteiger partial charge in [-0.1, -0.05) is 12.2 Å². The summed E-state index contributed by atoms with van der Waals surface area (Å²) in [5.41, 5.74) is 6.07. The van der Waals surface area contributed by atoms with Crippen molar-refractivity contribution < 1.29 is 23.9 Å². The minimum absolute atomic E-state index is 0.0696. The molecule has 1 amide bonds. The first-order chi connectivity index (χ1) is 10.9. The van der Waals surface area contributed by atoms with Crippen molar-refractivity contribution in [2.75, 3.05) is 18.5 Å². The summed E-state index contributed by atoms with van der Waals surface area (Å²) in [6, 6.07) is 6.21. The molecule has 1 atom stereocenters. The molecule has 124 valence electrons. The van der Waals surface area contributed by atoms with Crippen LogP contribution in [0.3, 0.4) is 0 Å². The van der Waals surface area contributed by atoms with Crippen molar-refractivity contribution in [3.8, 4) is 0 Å². The lowest BCUT2D eigenvalue weighted by Gasteiger charge is -2.15. The number of primary amides is 1. The van der Waals surface area contributed by atoms with E-state index in [1.807, 2.05) is 0 Å². The maximum absolute atomic E-state index is 11.7. The Bertz CT molecular complexity index is 600. The molecule has 0 radical (unpaired) electrons. The summed E-state index contributed by atoms with van der Waals surface area (Å²) in [7, 11) is 0. The van der Waals surface area contributed by atoms with Crippen molar-refractivity contribution in [3.05, 3.63) is 29.8 Å². The first kappa shape index (κ1) is 18.6. The summed E-state index contributed by atoms with van der Waals surface area (Å²) in [4.78, 5) is 34.6. The number of carbonyl (C=O) groups is 3. The number of nitrogens with one attached hydrogen (secondary N) is 1. The van der Waals surface area contributed by atoms with Gasteiger partial charge in [0.05, 0.1) is 18.8 Å². The van der Waals surface area contributed by atoms with Crippen LogP contribution >= 0.6 is 12.2 Å². The van der Waals surface area contributed by atoms with Crippen molar-refractivity contribution in [1.82, 2.24) is 0 Å². The number of rotatable bonds is 7. The SMILES string of the molecule is CCOC(=O)c1ccc(NC(=S)C(C(N)=O)C(=O)OCC)cc1. The van der Waals surface area contributed by atoms with Gasteiger partial charge in [0.15, 0.2) is 5.92 Å². The molecule has 0 aliphatic rings. The summed E-state index contributed by atoms with van der Waals surface area (Å²) in [6.45, 7) is 3.72. The lowest BCUT2D eigenvalue weighted by molar-refractivity contribution is -0.148. The third-order valence-electron chi connectivity index (χ3n) is 2.73. The maximum atomic E-state index is 11.7. The Morgan fingerprint density at radius 3 is 2.17 bits per heavy atom. The molecular weight excluding hydrogens is 320 g/mol. The number of nitrogens with two attached hydrogens (primary N) is 1. The molecule has 0 spiro atoms. The Hall–Kier alpha value is -2.48. The number of amides is 1.